The first kappa shape index (κ1) is 13.8. The molecule has 5 heteroatoms. The molecule has 0 fully saturated rings. The largest absolute Gasteiger partial charge is 0.389 e. The van der Waals surface area contributed by atoms with E-state index in [2.05, 4.69) is 5.32 Å². The van der Waals surface area contributed by atoms with Crippen LogP contribution in [0.5, 0.6) is 0 Å². The van der Waals surface area contributed by atoms with Crippen molar-refractivity contribution in [2.24, 2.45) is 5.73 Å². The van der Waals surface area contributed by atoms with E-state index < -0.39 is 0 Å². The Kier molecular flexibility index (Phi) is 4.39. The highest BCUT2D eigenvalue weighted by atomic mass is 32.2. The molecule has 19 heavy (non-hydrogen) atoms. The van der Waals surface area contributed by atoms with Gasteiger partial charge in [0, 0.05) is 10.5 Å². The zero-order valence-electron chi connectivity index (χ0n) is 10.3. The predicted octanol–water partition coefficient (Wildman–Crippen LogP) is 3.93. The molecule has 0 saturated carbocycles. The Balaban J connectivity index is 2.31. The van der Waals surface area contributed by atoms with E-state index in [1.807, 2.05) is 30.5 Å². The lowest BCUT2D eigenvalue weighted by atomic mass is 10.2. The molecule has 0 saturated heterocycles. The summed E-state index contributed by atoms with van der Waals surface area (Å²) in [6.07, 6.45) is 1.98. The maximum Gasteiger partial charge on any atom is 0.147 e. The topological polar surface area (TPSA) is 38.0 Å². The van der Waals surface area contributed by atoms with Crippen molar-refractivity contribution in [2.75, 3.05) is 11.6 Å². The SMILES string of the molecule is CSc1ccccc1Nc1ccc(C(N)=S)cc1F. The molecule has 0 atom stereocenters. The zero-order chi connectivity index (χ0) is 13.8. The fourth-order valence-corrected chi connectivity index (χ4v) is 2.34. The molecular weight excluding hydrogens is 279 g/mol. The second-order valence-electron chi connectivity index (χ2n) is 3.88. The van der Waals surface area contributed by atoms with Gasteiger partial charge in [0.1, 0.15) is 10.8 Å². The number of nitrogens with two attached hydrogens (primary N) is 1. The third kappa shape index (κ3) is 3.24. The quantitative estimate of drug-likeness (QED) is 0.661. The average Bonchev–Trinajstić information content (AvgIpc) is 2.41. The highest BCUT2D eigenvalue weighted by Gasteiger charge is 2.07. The maximum atomic E-state index is 13.9. The van der Waals surface area contributed by atoms with Crippen LogP contribution in [-0.4, -0.2) is 11.2 Å². The van der Waals surface area contributed by atoms with Crippen LogP contribution < -0.4 is 11.1 Å². The Hall–Kier alpha value is -1.59. The predicted molar refractivity (Wildman–Crippen MR) is 83.8 cm³/mol. The van der Waals surface area contributed by atoms with Crippen molar-refractivity contribution in [1.29, 1.82) is 0 Å². The summed E-state index contributed by atoms with van der Waals surface area (Å²) in [4.78, 5) is 1.25. The molecule has 0 aliphatic carbocycles. The van der Waals surface area contributed by atoms with E-state index in [0.29, 0.717) is 11.3 Å². The van der Waals surface area contributed by atoms with Crippen molar-refractivity contribution in [1.82, 2.24) is 0 Å². The summed E-state index contributed by atoms with van der Waals surface area (Å²) in [5.41, 5.74) is 7.27. The van der Waals surface area contributed by atoms with Crippen LogP contribution in [0.4, 0.5) is 15.8 Å². The monoisotopic (exact) mass is 292 g/mol. The first-order chi connectivity index (χ1) is 9.11. The van der Waals surface area contributed by atoms with Gasteiger partial charge in [-0.25, -0.2) is 4.39 Å². The maximum absolute atomic E-state index is 13.9. The number of para-hydroxylation sites is 1. The van der Waals surface area contributed by atoms with E-state index in [-0.39, 0.29) is 10.8 Å². The molecule has 0 unspecified atom stereocenters. The van der Waals surface area contributed by atoms with E-state index in [4.69, 9.17) is 18.0 Å². The lowest BCUT2D eigenvalue weighted by Gasteiger charge is -2.11. The number of thiocarbonyl (C=S) groups is 1. The van der Waals surface area contributed by atoms with Crippen molar-refractivity contribution >= 4 is 40.3 Å². The minimum Gasteiger partial charge on any atom is -0.389 e. The molecule has 0 aromatic heterocycles. The summed E-state index contributed by atoms with van der Waals surface area (Å²) in [6.45, 7) is 0. The molecule has 0 aliphatic rings. The van der Waals surface area contributed by atoms with Gasteiger partial charge in [0.05, 0.1) is 11.4 Å². The van der Waals surface area contributed by atoms with Gasteiger partial charge in [-0.15, -0.1) is 11.8 Å². The van der Waals surface area contributed by atoms with E-state index in [1.54, 1.807) is 23.9 Å². The Morgan fingerprint density at radius 2 is 1.95 bits per heavy atom. The van der Waals surface area contributed by atoms with Gasteiger partial charge in [0.15, 0.2) is 0 Å². The first-order valence-electron chi connectivity index (χ1n) is 5.61. The van der Waals surface area contributed by atoms with Crippen LogP contribution >= 0.6 is 24.0 Å². The minimum atomic E-state index is -0.374. The summed E-state index contributed by atoms with van der Waals surface area (Å²) < 4.78 is 13.9. The third-order valence-corrected chi connectivity index (χ3v) is 3.66. The number of anilines is 2. The van der Waals surface area contributed by atoms with Crippen molar-refractivity contribution in [3.05, 3.63) is 53.8 Å². The van der Waals surface area contributed by atoms with Gasteiger partial charge in [-0.05, 0) is 36.6 Å². The Morgan fingerprint density at radius 3 is 2.58 bits per heavy atom. The molecular formula is C14H13FN2S2. The highest BCUT2D eigenvalue weighted by Crippen LogP contribution is 2.29. The molecule has 2 nitrogen and oxygen atoms in total. The van der Waals surface area contributed by atoms with E-state index >= 15 is 0 Å². The number of benzene rings is 2. The smallest absolute Gasteiger partial charge is 0.147 e. The normalized spacial score (nSPS) is 10.2. The zero-order valence-corrected chi connectivity index (χ0v) is 11.9. The van der Waals surface area contributed by atoms with E-state index in [9.17, 15) is 4.39 Å². The summed E-state index contributed by atoms with van der Waals surface area (Å²) in [6, 6.07) is 12.4. The summed E-state index contributed by atoms with van der Waals surface area (Å²) in [5, 5.41) is 3.08. The van der Waals surface area contributed by atoms with Gasteiger partial charge in [0.2, 0.25) is 0 Å². The number of rotatable bonds is 4. The standard InChI is InChI=1S/C14H13FN2S2/c1-19-13-5-3-2-4-12(13)17-11-7-6-9(14(16)18)8-10(11)15/h2-8,17H,1H3,(H2,16,18). The van der Waals surface area contributed by atoms with Crippen LogP contribution in [0.15, 0.2) is 47.4 Å². The molecule has 2 aromatic rings. The van der Waals surface area contributed by atoms with Crippen LogP contribution in [0.3, 0.4) is 0 Å². The van der Waals surface area contributed by atoms with E-state index in [0.717, 1.165) is 10.6 Å². The van der Waals surface area contributed by atoms with Gasteiger partial charge in [-0.2, -0.15) is 0 Å². The number of hydrogen-bond donors (Lipinski definition) is 2. The van der Waals surface area contributed by atoms with Gasteiger partial charge in [0.25, 0.3) is 0 Å². The molecule has 3 N–H and O–H groups in total. The van der Waals surface area contributed by atoms with Gasteiger partial charge >= 0.3 is 0 Å². The molecule has 0 bridgehead atoms. The van der Waals surface area contributed by atoms with Crippen LogP contribution in [0.2, 0.25) is 0 Å². The van der Waals surface area contributed by atoms with Crippen LogP contribution in [0.1, 0.15) is 5.56 Å². The van der Waals surface area contributed by atoms with Gasteiger partial charge in [-0.1, -0.05) is 24.4 Å². The van der Waals surface area contributed by atoms with Gasteiger partial charge < -0.3 is 11.1 Å². The molecule has 0 aliphatic heterocycles. The lowest BCUT2D eigenvalue weighted by molar-refractivity contribution is 0.631. The fraction of sp³-hybridized carbons (Fsp3) is 0.0714. The fourth-order valence-electron chi connectivity index (χ4n) is 1.66. The summed E-state index contributed by atoms with van der Waals surface area (Å²) >= 11 is 6.42. The lowest BCUT2D eigenvalue weighted by Crippen LogP contribution is -2.09. The van der Waals surface area contributed by atoms with Crippen molar-refractivity contribution in [2.45, 2.75) is 4.90 Å². The van der Waals surface area contributed by atoms with Crippen LogP contribution in [0.25, 0.3) is 0 Å². The first-order valence-corrected chi connectivity index (χ1v) is 7.24. The Bertz CT molecular complexity index is 614. The molecule has 0 amide bonds. The third-order valence-electron chi connectivity index (χ3n) is 2.63. The molecule has 98 valence electrons. The second kappa shape index (κ2) is 6.04. The molecule has 2 aromatic carbocycles. The molecule has 0 heterocycles. The Morgan fingerprint density at radius 1 is 1.21 bits per heavy atom. The van der Waals surface area contributed by atoms with Crippen molar-refractivity contribution in [3.8, 4) is 0 Å². The molecule has 0 spiro atoms. The molecule has 2 rings (SSSR count). The number of hydrogen-bond acceptors (Lipinski definition) is 3. The Labute approximate surface area is 121 Å². The number of thioether (sulfide) groups is 1. The number of halogens is 1. The van der Waals surface area contributed by atoms with Gasteiger partial charge in [-0.3, -0.25) is 0 Å². The van der Waals surface area contributed by atoms with Crippen LogP contribution in [0, 0.1) is 5.82 Å². The highest BCUT2D eigenvalue weighted by molar-refractivity contribution is 7.98. The second-order valence-corrected chi connectivity index (χ2v) is 5.17. The summed E-state index contributed by atoms with van der Waals surface area (Å²) in [5.74, 6) is -0.374. The molecule has 0 radical (unpaired) electrons. The van der Waals surface area contributed by atoms with Crippen molar-refractivity contribution in [3.63, 3.8) is 0 Å². The summed E-state index contributed by atoms with van der Waals surface area (Å²) in [7, 11) is 0. The van der Waals surface area contributed by atoms with E-state index in [1.165, 1.54) is 6.07 Å². The minimum absolute atomic E-state index is 0.190. The number of nitrogens with one attached hydrogen (secondary N) is 1. The van der Waals surface area contributed by atoms with Crippen molar-refractivity contribution < 1.29 is 4.39 Å². The van der Waals surface area contributed by atoms with Crippen LogP contribution in [-0.2, 0) is 0 Å². The average molecular weight is 292 g/mol.